The van der Waals surface area contributed by atoms with Gasteiger partial charge in [-0.15, -0.1) is 0 Å². The van der Waals surface area contributed by atoms with E-state index in [4.69, 9.17) is 21.1 Å². The molecule has 162 valence electrons. The molecule has 3 aromatic rings. The van der Waals surface area contributed by atoms with Gasteiger partial charge in [-0.2, -0.15) is 0 Å². The normalized spacial score (nSPS) is 14.6. The molecular formula is C27H24ClNO3. The van der Waals surface area contributed by atoms with E-state index in [2.05, 4.69) is 0 Å². The lowest BCUT2D eigenvalue weighted by atomic mass is 10.1. The minimum Gasteiger partial charge on any atom is -0.494 e. The summed E-state index contributed by atoms with van der Waals surface area (Å²) in [6.45, 7) is 5.05. The number of rotatable bonds is 7. The predicted octanol–water partition coefficient (Wildman–Crippen LogP) is 6.61. The molecule has 5 heteroatoms. The molecule has 0 saturated heterocycles. The molecule has 32 heavy (non-hydrogen) atoms. The van der Waals surface area contributed by atoms with Crippen LogP contribution < -0.4 is 14.4 Å². The Labute approximate surface area is 193 Å². The summed E-state index contributed by atoms with van der Waals surface area (Å²) in [6.07, 6.45) is 3.80. The minimum absolute atomic E-state index is 0.0996. The van der Waals surface area contributed by atoms with Crippen molar-refractivity contribution in [2.45, 2.75) is 13.8 Å². The van der Waals surface area contributed by atoms with Crippen LogP contribution in [0.2, 0.25) is 5.02 Å². The summed E-state index contributed by atoms with van der Waals surface area (Å²) < 4.78 is 11.2. The monoisotopic (exact) mass is 445 g/mol. The molecule has 0 N–H and O–H groups in total. The van der Waals surface area contributed by atoms with Crippen LogP contribution in [0.1, 0.15) is 25.0 Å². The third-order valence-corrected chi connectivity index (χ3v) is 5.28. The van der Waals surface area contributed by atoms with Gasteiger partial charge in [-0.1, -0.05) is 41.9 Å². The molecule has 0 aliphatic carbocycles. The summed E-state index contributed by atoms with van der Waals surface area (Å²) in [5, 5.41) is 0.647. The number of carbonyl (C=O) groups excluding carboxylic acids is 1. The number of ether oxygens (including phenoxy) is 2. The maximum Gasteiger partial charge on any atom is 0.262 e. The maximum atomic E-state index is 13.5. The summed E-state index contributed by atoms with van der Waals surface area (Å²) in [5.74, 6) is 1.42. The van der Waals surface area contributed by atoms with E-state index in [-0.39, 0.29) is 5.91 Å². The highest BCUT2D eigenvalue weighted by Crippen LogP contribution is 2.37. The van der Waals surface area contributed by atoms with E-state index in [1.807, 2.05) is 98.8 Å². The van der Waals surface area contributed by atoms with Crippen LogP contribution in [-0.4, -0.2) is 19.1 Å². The quantitative estimate of drug-likeness (QED) is 0.384. The molecule has 0 atom stereocenters. The Balaban J connectivity index is 1.75. The second kappa shape index (κ2) is 9.75. The van der Waals surface area contributed by atoms with Crippen molar-refractivity contribution in [3.63, 3.8) is 0 Å². The van der Waals surface area contributed by atoms with Crippen molar-refractivity contribution in [3.05, 3.63) is 101 Å². The Morgan fingerprint density at radius 1 is 0.875 bits per heavy atom. The highest BCUT2D eigenvalue weighted by atomic mass is 35.5. The Morgan fingerprint density at radius 3 is 2.25 bits per heavy atom. The topological polar surface area (TPSA) is 38.8 Å². The lowest BCUT2D eigenvalue weighted by molar-refractivity contribution is -0.113. The minimum atomic E-state index is -0.0996. The second-order valence-corrected chi connectivity index (χ2v) is 7.65. The van der Waals surface area contributed by atoms with E-state index in [0.29, 0.717) is 23.8 Å². The van der Waals surface area contributed by atoms with Gasteiger partial charge in [0.2, 0.25) is 0 Å². The van der Waals surface area contributed by atoms with Gasteiger partial charge < -0.3 is 9.47 Å². The van der Waals surface area contributed by atoms with Crippen LogP contribution in [0.3, 0.4) is 0 Å². The van der Waals surface area contributed by atoms with Crippen LogP contribution in [0.25, 0.3) is 11.8 Å². The molecule has 1 aliphatic heterocycles. The first-order valence-corrected chi connectivity index (χ1v) is 11.0. The molecule has 0 aromatic heterocycles. The van der Waals surface area contributed by atoms with Gasteiger partial charge in [-0.05, 0) is 73.5 Å². The first-order chi connectivity index (χ1) is 15.6. The lowest BCUT2D eigenvalue weighted by Crippen LogP contribution is -2.25. The molecular weight excluding hydrogens is 422 g/mol. The molecule has 1 aliphatic rings. The van der Waals surface area contributed by atoms with E-state index < -0.39 is 0 Å². The van der Waals surface area contributed by atoms with Crippen LogP contribution in [0.4, 0.5) is 5.69 Å². The van der Waals surface area contributed by atoms with Crippen molar-refractivity contribution in [3.8, 4) is 11.5 Å². The number of benzene rings is 3. The standard InChI is InChI=1S/C27H24ClNO3/c1-3-31-24-14-8-19(9-15-24)16-21-17-26(20-10-12-22(28)13-11-20)29(27(21)30)23-6-5-7-25(18-23)32-4-2/h5-18H,3-4H2,1-2H3/b21-16+. The summed E-state index contributed by atoms with van der Waals surface area (Å²) in [5.41, 5.74) is 3.96. The smallest absolute Gasteiger partial charge is 0.262 e. The van der Waals surface area contributed by atoms with Crippen molar-refractivity contribution in [1.29, 1.82) is 0 Å². The number of carbonyl (C=O) groups is 1. The Hall–Kier alpha value is -3.50. The first-order valence-electron chi connectivity index (χ1n) is 10.6. The number of nitrogens with zero attached hydrogens (tertiary/aromatic N) is 1. The fourth-order valence-corrected chi connectivity index (χ4v) is 3.72. The third-order valence-electron chi connectivity index (χ3n) is 5.02. The largest absolute Gasteiger partial charge is 0.494 e. The number of amides is 1. The molecule has 4 nitrogen and oxygen atoms in total. The van der Waals surface area contributed by atoms with Crippen LogP contribution >= 0.6 is 11.6 Å². The molecule has 0 fully saturated rings. The van der Waals surface area contributed by atoms with E-state index in [1.165, 1.54) is 0 Å². The first kappa shape index (κ1) is 21.7. The van der Waals surface area contributed by atoms with Gasteiger partial charge in [0.05, 0.1) is 24.6 Å². The molecule has 0 radical (unpaired) electrons. The predicted molar refractivity (Wildman–Crippen MR) is 130 cm³/mol. The summed E-state index contributed by atoms with van der Waals surface area (Å²) in [7, 11) is 0. The molecule has 0 saturated carbocycles. The van der Waals surface area contributed by atoms with Gasteiger partial charge in [0.1, 0.15) is 11.5 Å². The van der Waals surface area contributed by atoms with Crippen molar-refractivity contribution >= 4 is 35.0 Å². The number of hydrogen-bond donors (Lipinski definition) is 0. The van der Waals surface area contributed by atoms with Crippen molar-refractivity contribution in [1.82, 2.24) is 0 Å². The molecule has 0 spiro atoms. The van der Waals surface area contributed by atoms with Gasteiger partial charge in [0.25, 0.3) is 5.91 Å². The van der Waals surface area contributed by atoms with Crippen LogP contribution in [0.5, 0.6) is 11.5 Å². The zero-order valence-corrected chi connectivity index (χ0v) is 18.8. The van der Waals surface area contributed by atoms with Crippen LogP contribution in [-0.2, 0) is 4.79 Å². The molecule has 0 bridgehead atoms. The average Bonchev–Trinajstić information content (AvgIpc) is 3.12. The molecule has 4 rings (SSSR count). The fourth-order valence-electron chi connectivity index (χ4n) is 3.59. The molecule has 3 aromatic carbocycles. The molecule has 0 unspecified atom stereocenters. The van der Waals surface area contributed by atoms with Gasteiger partial charge >= 0.3 is 0 Å². The second-order valence-electron chi connectivity index (χ2n) is 7.21. The van der Waals surface area contributed by atoms with E-state index in [1.54, 1.807) is 4.90 Å². The zero-order valence-electron chi connectivity index (χ0n) is 18.0. The van der Waals surface area contributed by atoms with Gasteiger partial charge in [0, 0.05) is 16.7 Å². The number of halogens is 1. The number of hydrogen-bond acceptors (Lipinski definition) is 3. The van der Waals surface area contributed by atoms with E-state index in [0.717, 1.165) is 34.0 Å². The molecule has 1 amide bonds. The highest BCUT2D eigenvalue weighted by molar-refractivity contribution is 6.30. The van der Waals surface area contributed by atoms with Crippen LogP contribution in [0.15, 0.2) is 84.4 Å². The zero-order chi connectivity index (χ0) is 22.5. The lowest BCUT2D eigenvalue weighted by Gasteiger charge is -2.21. The summed E-state index contributed by atoms with van der Waals surface area (Å²) in [4.78, 5) is 15.2. The van der Waals surface area contributed by atoms with Gasteiger partial charge in [-0.3, -0.25) is 9.69 Å². The third kappa shape index (κ3) is 4.71. The van der Waals surface area contributed by atoms with Crippen molar-refractivity contribution in [2.24, 2.45) is 0 Å². The highest BCUT2D eigenvalue weighted by Gasteiger charge is 2.30. The summed E-state index contributed by atoms with van der Waals surface area (Å²) >= 11 is 6.09. The number of anilines is 1. The fraction of sp³-hybridized carbons (Fsp3) is 0.148. The van der Waals surface area contributed by atoms with E-state index in [9.17, 15) is 4.79 Å². The van der Waals surface area contributed by atoms with E-state index >= 15 is 0 Å². The maximum absolute atomic E-state index is 13.5. The summed E-state index contributed by atoms with van der Waals surface area (Å²) in [6, 6.07) is 22.7. The SMILES string of the molecule is CCOc1ccc(/C=C2\C=C(c3ccc(Cl)cc3)N(c3cccc(OCC)c3)C2=O)cc1. The van der Waals surface area contributed by atoms with Crippen LogP contribution in [0, 0.1) is 0 Å². The van der Waals surface area contributed by atoms with Gasteiger partial charge in [0.15, 0.2) is 0 Å². The van der Waals surface area contributed by atoms with Crippen molar-refractivity contribution < 1.29 is 14.3 Å². The van der Waals surface area contributed by atoms with Crippen molar-refractivity contribution in [2.75, 3.05) is 18.1 Å². The average molecular weight is 446 g/mol. The Morgan fingerprint density at radius 2 is 1.56 bits per heavy atom. The Kier molecular flexibility index (Phi) is 6.62. The Bertz CT molecular complexity index is 1160. The molecule has 1 heterocycles. The van der Waals surface area contributed by atoms with Gasteiger partial charge in [-0.25, -0.2) is 0 Å².